The molecule has 1 aromatic carbocycles. The van der Waals surface area contributed by atoms with Crippen molar-refractivity contribution in [2.24, 2.45) is 5.73 Å². The number of imidazole rings is 1. The summed E-state index contributed by atoms with van der Waals surface area (Å²) in [5.41, 5.74) is 5.28. The molecule has 0 aliphatic rings. The molecule has 1 atom stereocenters. The summed E-state index contributed by atoms with van der Waals surface area (Å²) in [6.07, 6.45) is -2.03. The minimum Gasteiger partial charge on any atom is -0.490 e. The maximum Gasteiger partial charge on any atom is 0.417 e. The molecule has 0 aliphatic heterocycles. The first-order chi connectivity index (χ1) is 16.1. The molecular weight excluding hydrogens is 521 g/mol. The van der Waals surface area contributed by atoms with E-state index < -0.39 is 23.6 Å². The molecule has 4 rings (SSSR count). The Hall–Kier alpha value is -2.51. The number of pyridine rings is 1. The fourth-order valence-electron chi connectivity index (χ4n) is 2.97. The summed E-state index contributed by atoms with van der Waals surface area (Å²) in [4.78, 5) is 4.24. The van der Waals surface area contributed by atoms with Gasteiger partial charge in [-0.3, -0.25) is 0 Å². The molecule has 14 heteroatoms. The number of nitrogens with two attached hydrogens (primary N) is 1. The summed E-state index contributed by atoms with van der Waals surface area (Å²) < 4.78 is 60.2. The number of aromatic nitrogens is 4. The van der Waals surface area contributed by atoms with Crippen LogP contribution in [0, 0.1) is 5.82 Å². The van der Waals surface area contributed by atoms with Gasteiger partial charge in [0.25, 0.3) is 0 Å². The van der Waals surface area contributed by atoms with E-state index in [-0.39, 0.29) is 55.9 Å². The van der Waals surface area contributed by atoms with Gasteiger partial charge in [0.15, 0.2) is 22.2 Å². The third-order valence-corrected chi connectivity index (χ3v) is 6.28. The minimum absolute atomic E-state index is 0.0842. The van der Waals surface area contributed by atoms with E-state index in [1.165, 1.54) is 12.3 Å². The second-order valence-corrected chi connectivity index (χ2v) is 8.98. The standard InChI is InChI=1S/C20H15Cl2F4N5O2S/c21-12-5-16(33-2-1-10(27)8-32)14(23)4-11(12)18-29-30-19(34-18)15-7-31-6-9(20(24,25)26)3-13(22)17(31)28-15/h3-7,10,32H,1-2,8,27H2/t10-/m1/s1. The number of benzene rings is 1. The van der Waals surface area contributed by atoms with Gasteiger partial charge >= 0.3 is 6.18 Å². The first-order valence-electron chi connectivity index (χ1n) is 9.64. The molecule has 0 radical (unpaired) electrons. The van der Waals surface area contributed by atoms with E-state index in [9.17, 15) is 17.6 Å². The van der Waals surface area contributed by atoms with E-state index in [2.05, 4.69) is 15.2 Å². The summed E-state index contributed by atoms with van der Waals surface area (Å²) in [7, 11) is 0. The predicted molar refractivity (Wildman–Crippen MR) is 120 cm³/mol. The highest BCUT2D eigenvalue weighted by atomic mass is 35.5. The number of fused-ring (bicyclic) bond motifs is 1. The number of halogens is 6. The van der Waals surface area contributed by atoms with Gasteiger partial charge in [0.1, 0.15) is 10.7 Å². The van der Waals surface area contributed by atoms with Crippen LogP contribution in [0.15, 0.2) is 30.6 Å². The zero-order valence-corrected chi connectivity index (χ0v) is 19.3. The second-order valence-electron chi connectivity index (χ2n) is 7.19. The molecule has 3 heterocycles. The third kappa shape index (κ3) is 5.10. The van der Waals surface area contributed by atoms with E-state index in [0.717, 1.165) is 34.1 Å². The summed E-state index contributed by atoms with van der Waals surface area (Å²) >= 11 is 13.3. The highest BCUT2D eigenvalue weighted by Gasteiger charge is 2.32. The Morgan fingerprint density at radius 1 is 1.12 bits per heavy atom. The van der Waals surface area contributed by atoms with Crippen LogP contribution in [-0.4, -0.2) is 43.9 Å². The van der Waals surface area contributed by atoms with Crippen molar-refractivity contribution in [1.29, 1.82) is 0 Å². The van der Waals surface area contributed by atoms with E-state index in [4.69, 9.17) is 38.8 Å². The molecule has 0 saturated heterocycles. The third-order valence-electron chi connectivity index (χ3n) is 4.71. The Morgan fingerprint density at radius 3 is 2.56 bits per heavy atom. The number of nitrogens with zero attached hydrogens (tertiary/aromatic N) is 4. The van der Waals surface area contributed by atoms with Crippen molar-refractivity contribution in [2.45, 2.75) is 18.6 Å². The Balaban J connectivity index is 1.60. The van der Waals surface area contributed by atoms with Crippen LogP contribution in [0.5, 0.6) is 5.75 Å². The average Bonchev–Trinajstić information content (AvgIpc) is 3.42. The zero-order chi connectivity index (χ0) is 24.6. The molecule has 0 bridgehead atoms. The zero-order valence-electron chi connectivity index (χ0n) is 17.0. The molecule has 3 N–H and O–H groups in total. The maximum atomic E-state index is 14.5. The van der Waals surface area contributed by atoms with Gasteiger partial charge in [-0.05, 0) is 18.6 Å². The van der Waals surface area contributed by atoms with E-state index in [1.54, 1.807) is 0 Å². The monoisotopic (exact) mass is 535 g/mol. The smallest absolute Gasteiger partial charge is 0.417 e. The van der Waals surface area contributed by atoms with Crippen LogP contribution >= 0.6 is 34.5 Å². The first kappa shape index (κ1) is 24.6. The number of aliphatic hydroxyl groups is 1. The van der Waals surface area contributed by atoms with Crippen molar-refractivity contribution < 1.29 is 27.4 Å². The molecule has 0 fully saturated rings. The maximum absolute atomic E-state index is 14.5. The Kier molecular flexibility index (Phi) is 6.97. The van der Waals surface area contributed by atoms with Gasteiger partial charge in [0.05, 0.1) is 28.8 Å². The lowest BCUT2D eigenvalue weighted by molar-refractivity contribution is -0.137. The highest BCUT2D eigenvalue weighted by molar-refractivity contribution is 7.18. The lowest BCUT2D eigenvalue weighted by Crippen LogP contribution is -2.26. The second kappa shape index (κ2) is 9.62. The molecule has 34 heavy (non-hydrogen) atoms. The number of rotatable bonds is 7. The summed E-state index contributed by atoms with van der Waals surface area (Å²) in [6.45, 7) is -0.128. The van der Waals surface area contributed by atoms with Crippen LogP contribution in [0.25, 0.3) is 26.9 Å². The molecule has 7 nitrogen and oxygen atoms in total. The van der Waals surface area contributed by atoms with E-state index in [1.807, 2.05) is 0 Å². The largest absolute Gasteiger partial charge is 0.490 e. The van der Waals surface area contributed by atoms with Crippen LogP contribution in [0.2, 0.25) is 10.0 Å². The SMILES string of the molecule is N[C@@H](CO)CCOc1cc(Cl)c(-c2nnc(-c3cn4cc(C(F)(F)F)cc(Cl)c4n3)s2)cc1F. The van der Waals surface area contributed by atoms with Crippen molar-refractivity contribution >= 4 is 40.2 Å². The van der Waals surface area contributed by atoms with Crippen molar-refractivity contribution in [2.75, 3.05) is 13.2 Å². The molecular formula is C20H15Cl2F4N5O2S. The van der Waals surface area contributed by atoms with Crippen LogP contribution in [0.4, 0.5) is 17.6 Å². The molecule has 0 amide bonds. The molecule has 180 valence electrons. The lowest BCUT2D eigenvalue weighted by atomic mass is 10.2. The quantitative estimate of drug-likeness (QED) is 0.320. The van der Waals surface area contributed by atoms with Gasteiger partial charge in [-0.2, -0.15) is 13.2 Å². The molecule has 0 spiro atoms. The predicted octanol–water partition coefficient (Wildman–Crippen LogP) is 5.07. The Labute approximate surface area is 203 Å². The van der Waals surface area contributed by atoms with Gasteiger partial charge in [-0.1, -0.05) is 34.5 Å². The number of ether oxygens (including phenoxy) is 1. The fraction of sp³-hybridized carbons (Fsp3) is 0.250. The molecule has 3 aromatic heterocycles. The van der Waals surface area contributed by atoms with Crippen LogP contribution < -0.4 is 10.5 Å². The number of aliphatic hydroxyl groups excluding tert-OH is 1. The average molecular weight is 536 g/mol. The molecule has 4 aromatic rings. The minimum atomic E-state index is -4.57. The van der Waals surface area contributed by atoms with E-state index in [0.29, 0.717) is 6.42 Å². The first-order valence-corrected chi connectivity index (χ1v) is 11.2. The van der Waals surface area contributed by atoms with Crippen LogP contribution in [0.1, 0.15) is 12.0 Å². The van der Waals surface area contributed by atoms with Crippen molar-refractivity contribution in [3.8, 4) is 27.0 Å². The molecule has 0 aliphatic carbocycles. The van der Waals surface area contributed by atoms with Gasteiger partial charge in [0.2, 0.25) is 0 Å². The fourth-order valence-corrected chi connectivity index (χ4v) is 4.35. The highest BCUT2D eigenvalue weighted by Crippen LogP contribution is 2.38. The Bertz CT molecular complexity index is 1340. The van der Waals surface area contributed by atoms with E-state index >= 15 is 0 Å². The van der Waals surface area contributed by atoms with Crippen molar-refractivity contribution in [1.82, 2.24) is 19.6 Å². The summed E-state index contributed by atoms with van der Waals surface area (Å²) in [5.74, 6) is -0.771. The van der Waals surface area contributed by atoms with Crippen LogP contribution in [-0.2, 0) is 6.18 Å². The number of hydrogen-bond acceptors (Lipinski definition) is 7. The molecule has 0 saturated carbocycles. The van der Waals surface area contributed by atoms with Gasteiger partial charge in [-0.25, -0.2) is 9.37 Å². The van der Waals surface area contributed by atoms with Crippen molar-refractivity contribution in [3.63, 3.8) is 0 Å². The topological polar surface area (TPSA) is 98.6 Å². The van der Waals surface area contributed by atoms with Gasteiger partial charge in [-0.15, -0.1) is 10.2 Å². The van der Waals surface area contributed by atoms with Gasteiger partial charge in [0, 0.05) is 30.1 Å². The number of alkyl halides is 3. The summed E-state index contributed by atoms with van der Waals surface area (Å²) in [5, 5.41) is 17.5. The van der Waals surface area contributed by atoms with Gasteiger partial charge < -0.3 is 20.0 Å². The summed E-state index contributed by atoms with van der Waals surface area (Å²) in [6, 6.07) is 2.75. The number of hydrogen-bond donors (Lipinski definition) is 2. The molecule has 0 unspecified atom stereocenters. The van der Waals surface area contributed by atoms with Crippen molar-refractivity contribution in [3.05, 3.63) is 52.0 Å². The normalized spacial score (nSPS) is 12.9. The van der Waals surface area contributed by atoms with Crippen LogP contribution in [0.3, 0.4) is 0 Å². The Morgan fingerprint density at radius 2 is 1.85 bits per heavy atom. The lowest BCUT2D eigenvalue weighted by Gasteiger charge is -2.11.